The third-order valence-electron chi connectivity index (χ3n) is 1.87. The average molecular weight is 188 g/mol. The van der Waals surface area contributed by atoms with E-state index in [0.29, 0.717) is 5.56 Å². The van der Waals surface area contributed by atoms with Crippen LogP contribution in [0.3, 0.4) is 0 Å². The molecule has 1 heterocycles. The lowest BCUT2D eigenvalue weighted by Gasteiger charge is -2.17. The van der Waals surface area contributed by atoms with E-state index in [1.165, 1.54) is 4.68 Å². The summed E-state index contributed by atoms with van der Waals surface area (Å²) in [6, 6.07) is 0. The molecule has 0 aliphatic rings. The van der Waals surface area contributed by atoms with E-state index in [1.54, 1.807) is 13.2 Å². The molecule has 1 rings (SSSR count). The second kappa shape index (κ2) is 3.09. The summed E-state index contributed by atoms with van der Waals surface area (Å²) in [5.74, 6) is 0. The van der Waals surface area contributed by atoms with Crippen molar-refractivity contribution in [3.63, 3.8) is 0 Å². The first-order chi connectivity index (χ1) is 5.82. The van der Waals surface area contributed by atoms with Crippen molar-refractivity contribution in [2.75, 3.05) is 0 Å². The molecule has 0 aromatic carbocycles. The quantitative estimate of drug-likeness (QED) is 0.662. The normalized spacial score (nSPS) is 12.5. The number of hydrogen-bond acceptors (Lipinski definition) is 1. The molecule has 4 heteroatoms. The largest absolute Gasteiger partial charge is 0.282 e. The van der Waals surface area contributed by atoms with Gasteiger partial charge in [0, 0.05) is 18.8 Å². The number of alkyl halides is 2. The van der Waals surface area contributed by atoms with Crippen LogP contribution < -0.4 is 0 Å². The maximum atomic E-state index is 12.5. The Morgan fingerprint density at radius 1 is 1.38 bits per heavy atom. The maximum Gasteiger partial charge on any atom is 0.282 e. The van der Waals surface area contributed by atoms with Crippen LogP contribution in [0, 0.1) is 0 Å². The van der Waals surface area contributed by atoms with Gasteiger partial charge in [-0.15, -0.1) is 0 Å². The van der Waals surface area contributed by atoms with Gasteiger partial charge in [-0.25, -0.2) is 8.78 Å². The molecular formula is C9H14F2N2. The van der Waals surface area contributed by atoms with Gasteiger partial charge >= 0.3 is 0 Å². The molecule has 0 fully saturated rings. The molecule has 0 aliphatic carbocycles. The Bertz CT molecular complexity index is 297. The number of aryl methyl sites for hydroxylation is 1. The first-order valence-corrected chi connectivity index (χ1v) is 4.14. The second-order valence-electron chi connectivity index (χ2n) is 4.15. The standard InChI is InChI=1S/C9H14F2N2/c1-9(2,3)6-5-13(4)12-7(6)8(10)11/h5,8H,1-4H3. The Morgan fingerprint density at radius 3 is 2.23 bits per heavy atom. The fourth-order valence-electron chi connectivity index (χ4n) is 1.24. The molecule has 0 amide bonds. The van der Waals surface area contributed by atoms with Gasteiger partial charge in [-0.2, -0.15) is 5.10 Å². The fraction of sp³-hybridized carbons (Fsp3) is 0.667. The van der Waals surface area contributed by atoms with Crippen LogP contribution in [0.4, 0.5) is 8.78 Å². The number of nitrogens with zero attached hydrogens (tertiary/aromatic N) is 2. The van der Waals surface area contributed by atoms with Crippen molar-refractivity contribution in [2.24, 2.45) is 7.05 Å². The zero-order valence-corrected chi connectivity index (χ0v) is 8.31. The lowest BCUT2D eigenvalue weighted by Crippen LogP contribution is -2.12. The van der Waals surface area contributed by atoms with Crippen LogP contribution in [0.5, 0.6) is 0 Å². The molecule has 0 aliphatic heterocycles. The Morgan fingerprint density at radius 2 is 1.92 bits per heavy atom. The van der Waals surface area contributed by atoms with E-state index in [4.69, 9.17) is 0 Å². The maximum absolute atomic E-state index is 12.5. The van der Waals surface area contributed by atoms with Gasteiger partial charge in [0.1, 0.15) is 5.69 Å². The minimum Gasteiger partial charge on any atom is -0.275 e. The summed E-state index contributed by atoms with van der Waals surface area (Å²) in [7, 11) is 1.65. The van der Waals surface area contributed by atoms with Crippen molar-refractivity contribution >= 4 is 0 Å². The zero-order chi connectivity index (χ0) is 10.2. The number of hydrogen-bond donors (Lipinski definition) is 0. The highest BCUT2D eigenvalue weighted by Crippen LogP contribution is 2.30. The Labute approximate surface area is 76.6 Å². The van der Waals surface area contributed by atoms with Crippen LogP contribution in [0.15, 0.2) is 6.20 Å². The Hall–Kier alpha value is -0.930. The molecule has 74 valence electrons. The van der Waals surface area contributed by atoms with E-state index in [9.17, 15) is 8.78 Å². The van der Waals surface area contributed by atoms with E-state index in [0.717, 1.165) is 0 Å². The Balaban J connectivity index is 3.20. The van der Waals surface area contributed by atoms with Gasteiger partial charge in [0.25, 0.3) is 6.43 Å². The van der Waals surface area contributed by atoms with Gasteiger partial charge < -0.3 is 0 Å². The predicted molar refractivity (Wildman–Crippen MR) is 46.9 cm³/mol. The van der Waals surface area contributed by atoms with Crippen LogP contribution in [0.25, 0.3) is 0 Å². The van der Waals surface area contributed by atoms with Crippen LogP contribution >= 0.6 is 0 Å². The summed E-state index contributed by atoms with van der Waals surface area (Å²) in [5, 5.41) is 3.74. The molecule has 1 aromatic heterocycles. The minimum atomic E-state index is -2.49. The van der Waals surface area contributed by atoms with Crippen LogP contribution in [-0.4, -0.2) is 9.78 Å². The van der Waals surface area contributed by atoms with Crippen molar-refractivity contribution in [3.8, 4) is 0 Å². The summed E-state index contributed by atoms with van der Waals surface area (Å²) < 4.78 is 26.4. The van der Waals surface area contributed by atoms with Gasteiger partial charge in [0.15, 0.2) is 0 Å². The summed E-state index contributed by atoms with van der Waals surface area (Å²) in [6.45, 7) is 5.70. The molecule has 0 saturated carbocycles. The SMILES string of the molecule is Cn1cc(C(C)(C)C)c(C(F)F)n1. The van der Waals surface area contributed by atoms with Crippen molar-refractivity contribution < 1.29 is 8.78 Å². The van der Waals surface area contributed by atoms with E-state index in [2.05, 4.69) is 5.10 Å². The van der Waals surface area contributed by atoms with Gasteiger partial charge in [-0.3, -0.25) is 4.68 Å². The summed E-state index contributed by atoms with van der Waals surface area (Å²) in [5.41, 5.74) is 0.236. The molecule has 0 N–H and O–H groups in total. The summed E-state index contributed by atoms with van der Waals surface area (Å²) in [4.78, 5) is 0. The zero-order valence-electron chi connectivity index (χ0n) is 8.31. The first kappa shape index (κ1) is 10.2. The fourth-order valence-corrected chi connectivity index (χ4v) is 1.24. The van der Waals surface area contributed by atoms with Gasteiger partial charge in [-0.1, -0.05) is 20.8 Å². The number of halogens is 2. The molecule has 1 aromatic rings. The summed E-state index contributed by atoms with van der Waals surface area (Å²) >= 11 is 0. The molecule has 13 heavy (non-hydrogen) atoms. The molecule has 0 saturated heterocycles. The minimum absolute atomic E-state index is 0.102. The predicted octanol–water partition coefficient (Wildman–Crippen LogP) is 2.66. The second-order valence-corrected chi connectivity index (χ2v) is 4.15. The smallest absolute Gasteiger partial charge is 0.275 e. The van der Waals surface area contributed by atoms with Crippen molar-refractivity contribution in [3.05, 3.63) is 17.5 Å². The molecule has 0 spiro atoms. The average Bonchev–Trinajstić information content (AvgIpc) is 2.29. The van der Waals surface area contributed by atoms with Crippen LogP contribution in [0.2, 0.25) is 0 Å². The highest BCUT2D eigenvalue weighted by molar-refractivity contribution is 5.25. The molecule has 0 bridgehead atoms. The molecule has 2 nitrogen and oxygen atoms in total. The molecule has 0 radical (unpaired) electrons. The van der Waals surface area contributed by atoms with E-state index in [1.807, 2.05) is 20.8 Å². The molecule has 0 unspecified atom stereocenters. The molecule has 0 atom stereocenters. The monoisotopic (exact) mass is 188 g/mol. The highest BCUT2D eigenvalue weighted by Gasteiger charge is 2.25. The van der Waals surface area contributed by atoms with E-state index >= 15 is 0 Å². The van der Waals surface area contributed by atoms with Crippen molar-refractivity contribution in [2.45, 2.75) is 32.6 Å². The van der Waals surface area contributed by atoms with E-state index < -0.39 is 6.43 Å². The highest BCUT2D eigenvalue weighted by atomic mass is 19.3. The van der Waals surface area contributed by atoms with Crippen LogP contribution in [0.1, 0.15) is 38.5 Å². The summed E-state index contributed by atoms with van der Waals surface area (Å²) in [6.07, 6.45) is -0.836. The van der Waals surface area contributed by atoms with Crippen molar-refractivity contribution in [1.82, 2.24) is 9.78 Å². The van der Waals surface area contributed by atoms with Crippen molar-refractivity contribution in [1.29, 1.82) is 0 Å². The topological polar surface area (TPSA) is 17.8 Å². The van der Waals surface area contributed by atoms with Gasteiger partial charge in [0.05, 0.1) is 0 Å². The van der Waals surface area contributed by atoms with Gasteiger partial charge in [-0.05, 0) is 5.41 Å². The lowest BCUT2D eigenvalue weighted by molar-refractivity contribution is 0.143. The first-order valence-electron chi connectivity index (χ1n) is 4.14. The van der Waals surface area contributed by atoms with Crippen LogP contribution in [-0.2, 0) is 12.5 Å². The lowest BCUT2D eigenvalue weighted by atomic mass is 9.87. The number of rotatable bonds is 1. The third-order valence-corrected chi connectivity index (χ3v) is 1.87. The number of aromatic nitrogens is 2. The van der Waals surface area contributed by atoms with E-state index in [-0.39, 0.29) is 11.1 Å². The third kappa shape index (κ3) is 2.05. The molecular weight excluding hydrogens is 174 g/mol. The Kier molecular flexibility index (Phi) is 2.41. The van der Waals surface area contributed by atoms with Gasteiger partial charge in [0.2, 0.25) is 0 Å².